The first-order valence-electron chi connectivity index (χ1n) is 9.90. The standard InChI is InChI=1S/C24H26N2O2Si/c1-22(2)19-8-9-24(10-11-29(5,6)7)13-16(15-25)18(27)12-20(24)23(19,3)14-17(26-4)21(22)28/h12-14,19H,8-9H2,1-3,5-7H3/t19-,23-,24+/m1/s1. The van der Waals surface area contributed by atoms with E-state index >= 15 is 0 Å². The summed E-state index contributed by atoms with van der Waals surface area (Å²) >= 11 is 0. The van der Waals surface area contributed by atoms with E-state index in [0.717, 1.165) is 12.0 Å². The molecule has 4 nitrogen and oxygen atoms in total. The van der Waals surface area contributed by atoms with Crippen LogP contribution in [0.2, 0.25) is 19.6 Å². The van der Waals surface area contributed by atoms with Gasteiger partial charge < -0.3 is 4.79 Å². The van der Waals surface area contributed by atoms with Crippen LogP contribution in [0.3, 0.4) is 0 Å². The number of Topliss-reactive ketones (excluding diaryl/α,β-unsaturated/α-hetero) is 1. The second kappa shape index (κ2) is 6.41. The van der Waals surface area contributed by atoms with Crippen molar-refractivity contribution in [2.45, 2.75) is 53.3 Å². The molecule has 0 unspecified atom stereocenters. The number of ketones is 2. The number of hydrogen-bond acceptors (Lipinski definition) is 3. The minimum absolute atomic E-state index is 0.0362. The molecule has 0 aliphatic heterocycles. The lowest BCUT2D eigenvalue weighted by Gasteiger charge is -2.56. The van der Waals surface area contributed by atoms with Crippen LogP contribution in [-0.2, 0) is 9.59 Å². The molecule has 0 amide bonds. The molecule has 29 heavy (non-hydrogen) atoms. The summed E-state index contributed by atoms with van der Waals surface area (Å²) in [4.78, 5) is 29.1. The van der Waals surface area contributed by atoms with Crippen molar-refractivity contribution in [3.63, 3.8) is 0 Å². The van der Waals surface area contributed by atoms with Crippen LogP contribution in [0, 0.1) is 51.5 Å². The number of carbonyl (C=O) groups excluding carboxylic acids is 2. The Balaban J connectivity index is 2.32. The van der Waals surface area contributed by atoms with Crippen molar-refractivity contribution in [3.05, 3.63) is 46.5 Å². The summed E-state index contributed by atoms with van der Waals surface area (Å²) < 4.78 is 0. The quantitative estimate of drug-likeness (QED) is 0.337. The Morgan fingerprint density at radius 2 is 1.86 bits per heavy atom. The molecule has 0 aromatic rings. The summed E-state index contributed by atoms with van der Waals surface area (Å²) in [5, 5.41) is 9.48. The number of fused-ring (bicyclic) bond motifs is 3. The SMILES string of the molecule is [C-]#[N+]C1=C[C@@]2(C)C3=CC(=O)C(C#N)=C[C@@]3(C#C[Si](C)(C)C)CC[C@@H]2C(C)(C)C1=O. The van der Waals surface area contributed by atoms with Crippen molar-refractivity contribution in [2.75, 3.05) is 0 Å². The molecule has 0 bridgehead atoms. The number of nitriles is 1. The first-order chi connectivity index (χ1) is 13.3. The van der Waals surface area contributed by atoms with Crippen LogP contribution >= 0.6 is 0 Å². The van der Waals surface area contributed by atoms with E-state index in [1.807, 2.05) is 26.8 Å². The lowest BCUT2D eigenvalue weighted by Crippen LogP contribution is -2.53. The van der Waals surface area contributed by atoms with E-state index in [-0.39, 0.29) is 28.8 Å². The van der Waals surface area contributed by atoms with Crippen LogP contribution in [0.5, 0.6) is 0 Å². The number of hydrogen-bond donors (Lipinski definition) is 0. The Bertz CT molecular complexity index is 1060. The average molecular weight is 403 g/mol. The molecule has 0 saturated heterocycles. The van der Waals surface area contributed by atoms with Crippen LogP contribution in [0.4, 0.5) is 0 Å². The molecule has 0 aromatic carbocycles. The van der Waals surface area contributed by atoms with Gasteiger partial charge in [0.05, 0.1) is 17.6 Å². The molecule has 0 heterocycles. The van der Waals surface area contributed by atoms with Crippen LogP contribution in [0.25, 0.3) is 4.85 Å². The number of nitrogens with zero attached hydrogens (tertiary/aromatic N) is 2. The third-order valence-corrected chi connectivity index (χ3v) is 7.45. The summed E-state index contributed by atoms with van der Waals surface area (Å²) in [6.07, 6.45) is 6.46. The molecule has 1 fully saturated rings. The first-order valence-corrected chi connectivity index (χ1v) is 13.4. The van der Waals surface area contributed by atoms with E-state index in [0.29, 0.717) is 6.42 Å². The Kier molecular flexibility index (Phi) is 4.65. The molecule has 3 aliphatic carbocycles. The van der Waals surface area contributed by atoms with Gasteiger partial charge in [-0.15, -0.1) is 5.54 Å². The average Bonchev–Trinajstić information content (AvgIpc) is 2.63. The van der Waals surface area contributed by atoms with E-state index in [1.54, 1.807) is 18.2 Å². The summed E-state index contributed by atoms with van der Waals surface area (Å²) in [7, 11) is -1.70. The van der Waals surface area contributed by atoms with E-state index < -0.39 is 24.3 Å². The second-order valence-electron chi connectivity index (χ2n) is 10.1. The van der Waals surface area contributed by atoms with Gasteiger partial charge in [0.15, 0.2) is 11.6 Å². The molecule has 0 spiro atoms. The van der Waals surface area contributed by atoms with Gasteiger partial charge in [-0.3, -0.25) is 4.79 Å². The van der Waals surface area contributed by atoms with Crippen LogP contribution in [-0.4, -0.2) is 19.6 Å². The second-order valence-corrected chi connectivity index (χ2v) is 14.9. The van der Waals surface area contributed by atoms with E-state index in [9.17, 15) is 14.9 Å². The van der Waals surface area contributed by atoms with Crippen molar-refractivity contribution >= 4 is 19.6 Å². The molecule has 3 rings (SSSR count). The zero-order valence-electron chi connectivity index (χ0n) is 17.9. The lowest BCUT2D eigenvalue weighted by molar-refractivity contribution is -0.130. The number of rotatable bonds is 0. The largest absolute Gasteiger partial charge is 0.307 e. The van der Waals surface area contributed by atoms with Crippen molar-refractivity contribution in [2.24, 2.45) is 22.2 Å². The molecule has 5 heteroatoms. The summed E-state index contributed by atoms with van der Waals surface area (Å²) in [5.41, 5.74) is 2.48. The highest BCUT2D eigenvalue weighted by Gasteiger charge is 2.59. The molecule has 0 N–H and O–H groups in total. The monoisotopic (exact) mass is 402 g/mol. The molecular formula is C24H26N2O2Si. The predicted molar refractivity (Wildman–Crippen MR) is 115 cm³/mol. The summed E-state index contributed by atoms with van der Waals surface area (Å²) in [6.45, 7) is 19.8. The Morgan fingerprint density at radius 3 is 2.41 bits per heavy atom. The summed E-state index contributed by atoms with van der Waals surface area (Å²) in [6, 6.07) is 2.03. The highest BCUT2D eigenvalue weighted by atomic mass is 28.3. The summed E-state index contributed by atoms with van der Waals surface area (Å²) in [5.74, 6) is 2.98. The van der Waals surface area contributed by atoms with Crippen LogP contribution in [0.15, 0.2) is 35.1 Å². The Morgan fingerprint density at radius 1 is 1.21 bits per heavy atom. The normalized spacial score (nSPS) is 32.8. The zero-order valence-corrected chi connectivity index (χ0v) is 18.9. The van der Waals surface area contributed by atoms with Crippen LogP contribution < -0.4 is 0 Å². The third kappa shape index (κ3) is 3.13. The fraction of sp³-hybridized carbons (Fsp3) is 0.500. The highest BCUT2D eigenvalue weighted by Crippen LogP contribution is 2.63. The van der Waals surface area contributed by atoms with Gasteiger partial charge in [0, 0.05) is 10.8 Å². The van der Waals surface area contributed by atoms with Gasteiger partial charge in [0.1, 0.15) is 14.1 Å². The van der Waals surface area contributed by atoms with Crippen molar-refractivity contribution in [1.82, 2.24) is 0 Å². The first kappa shape index (κ1) is 21.0. The van der Waals surface area contributed by atoms with Gasteiger partial charge in [0.25, 0.3) is 0 Å². The molecule has 0 radical (unpaired) electrons. The van der Waals surface area contributed by atoms with Gasteiger partial charge in [-0.25, -0.2) is 4.85 Å². The van der Waals surface area contributed by atoms with E-state index in [1.165, 1.54) is 0 Å². The van der Waals surface area contributed by atoms with Crippen molar-refractivity contribution in [3.8, 4) is 17.5 Å². The molecule has 3 aliphatic rings. The van der Waals surface area contributed by atoms with Gasteiger partial charge in [-0.1, -0.05) is 52.4 Å². The maximum Gasteiger partial charge on any atom is 0.226 e. The Labute approximate surface area is 174 Å². The maximum absolute atomic E-state index is 12.9. The highest BCUT2D eigenvalue weighted by molar-refractivity contribution is 6.83. The maximum atomic E-state index is 12.9. The van der Waals surface area contributed by atoms with E-state index in [2.05, 4.69) is 36.0 Å². The number of carbonyl (C=O) groups is 2. The minimum atomic E-state index is -1.70. The molecule has 3 atom stereocenters. The zero-order chi connectivity index (χ0) is 21.8. The third-order valence-electron chi connectivity index (χ3n) is 6.57. The minimum Gasteiger partial charge on any atom is -0.307 e. The van der Waals surface area contributed by atoms with Gasteiger partial charge in [-0.2, -0.15) is 5.26 Å². The van der Waals surface area contributed by atoms with E-state index in [4.69, 9.17) is 6.57 Å². The number of allylic oxidation sites excluding steroid dienone is 6. The Hall–Kier alpha value is -2.68. The fourth-order valence-corrected chi connectivity index (χ4v) is 5.80. The van der Waals surface area contributed by atoms with Gasteiger partial charge >= 0.3 is 0 Å². The topological polar surface area (TPSA) is 62.3 Å². The van der Waals surface area contributed by atoms with Crippen LogP contribution in [0.1, 0.15) is 33.6 Å². The molecule has 0 aromatic heterocycles. The lowest BCUT2D eigenvalue weighted by atomic mass is 9.46. The molecular weight excluding hydrogens is 376 g/mol. The predicted octanol–water partition coefficient (Wildman–Crippen LogP) is 4.64. The van der Waals surface area contributed by atoms with Crippen molar-refractivity contribution < 1.29 is 9.59 Å². The molecule has 1 saturated carbocycles. The van der Waals surface area contributed by atoms with Gasteiger partial charge in [0.2, 0.25) is 5.70 Å². The van der Waals surface area contributed by atoms with Crippen molar-refractivity contribution in [1.29, 1.82) is 5.26 Å². The molecule has 148 valence electrons. The smallest absolute Gasteiger partial charge is 0.226 e. The van der Waals surface area contributed by atoms with Gasteiger partial charge in [-0.05, 0) is 36.5 Å². The fourth-order valence-electron chi connectivity index (χ4n) is 5.20.